The molecule has 70 valence electrons. The highest BCUT2D eigenvalue weighted by Gasteiger charge is 2.38. The molecular formula is C4H6N6O2S. The van der Waals surface area contributed by atoms with Gasteiger partial charge in [-0.3, -0.25) is 0 Å². The molecule has 0 spiro atoms. The molecule has 0 unspecified atom stereocenters. The molecule has 0 aliphatic carbocycles. The van der Waals surface area contributed by atoms with Gasteiger partial charge in [-0.05, 0) is 11.1 Å². The van der Waals surface area contributed by atoms with Crippen molar-refractivity contribution in [2.75, 3.05) is 11.5 Å². The highest BCUT2D eigenvalue weighted by atomic mass is 32.2. The standard InChI is InChI=1S/C4H6N6O2S/c5-9-7-4(8-10-6)3-1-13(11,12)2-3/h3-4H,1-2H2. The molecule has 0 aromatic rings. The molecule has 1 saturated heterocycles. The third kappa shape index (κ3) is 2.25. The lowest BCUT2D eigenvalue weighted by atomic mass is 10.1. The van der Waals surface area contributed by atoms with Crippen molar-refractivity contribution >= 4 is 9.84 Å². The van der Waals surface area contributed by atoms with Gasteiger partial charge in [-0.2, -0.15) is 0 Å². The van der Waals surface area contributed by atoms with Crippen molar-refractivity contribution in [2.24, 2.45) is 16.1 Å². The average molecular weight is 202 g/mol. The first-order chi connectivity index (χ1) is 6.09. The van der Waals surface area contributed by atoms with Crippen LogP contribution in [0.25, 0.3) is 20.9 Å². The summed E-state index contributed by atoms with van der Waals surface area (Å²) in [5, 5.41) is 6.39. The van der Waals surface area contributed by atoms with Gasteiger partial charge in [0.15, 0.2) is 9.84 Å². The van der Waals surface area contributed by atoms with Crippen LogP contribution in [-0.2, 0) is 9.84 Å². The van der Waals surface area contributed by atoms with Crippen LogP contribution in [0, 0.1) is 5.92 Å². The predicted molar refractivity (Wildman–Crippen MR) is 44.2 cm³/mol. The second-order valence-electron chi connectivity index (χ2n) is 2.66. The van der Waals surface area contributed by atoms with E-state index in [2.05, 4.69) is 20.1 Å². The smallest absolute Gasteiger partial charge is 0.150 e. The van der Waals surface area contributed by atoms with Crippen LogP contribution in [0.4, 0.5) is 0 Å². The average Bonchev–Trinajstić information content (AvgIpc) is 2.00. The van der Waals surface area contributed by atoms with Crippen molar-refractivity contribution in [2.45, 2.75) is 6.17 Å². The molecule has 0 radical (unpaired) electrons. The van der Waals surface area contributed by atoms with Crippen molar-refractivity contribution in [1.82, 2.24) is 0 Å². The van der Waals surface area contributed by atoms with Crippen molar-refractivity contribution in [3.05, 3.63) is 20.9 Å². The summed E-state index contributed by atoms with van der Waals surface area (Å²) in [7, 11) is -2.98. The van der Waals surface area contributed by atoms with E-state index >= 15 is 0 Å². The van der Waals surface area contributed by atoms with E-state index in [4.69, 9.17) is 11.1 Å². The molecular weight excluding hydrogens is 196 g/mol. The minimum atomic E-state index is -2.98. The lowest BCUT2D eigenvalue weighted by Gasteiger charge is -2.27. The van der Waals surface area contributed by atoms with Crippen LogP contribution in [0.15, 0.2) is 10.2 Å². The summed E-state index contributed by atoms with van der Waals surface area (Å²) in [5.41, 5.74) is 16.2. The van der Waals surface area contributed by atoms with Crippen LogP contribution >= 0.6 is 0 Å². The number of sulfone groups is 1. The molecule has 8 nitrogen and oxygen atoms in total. The zero-order chi connectivity index (χ0) is 9.90. The minimum Gasteiger partial charge on any atom is -0.229 e. The Morgan fingerprint density at radius 2 is 1.69 bits per heavy atom. The van der Waals surface area contributed by atoms with Crippen molar-refractivity contribution in [3.8, 4) is 0 Å². The van der Waals surface area contributed by atoms with Gasteiger partial charge in [-0.1, -0.05) is 10.2 Å². The SMILES string of the molecule is [N-]=[N+]=NC(N=[N+]=[N-])C1CS(=O)(=O)C1. The first-order valence-electron chi connectivity index (χ1n) is 3.38. The van der Waals surface area contributed by atoms with Gasteiger partial charge in [0.25, 0.3) is 0 Å². The first-order valence-corrected chi connectivity index (χ1v) is 5.20. The van der Waals surface area contributed by atoms with E-state index < -0.39 is 16.0 Å². The van der Waals surface area contributed by atoms with Gasteiger partial charge >= 0.3 is 0 Å². The topological polar surface area (TPSA) is 132 Å². The number of nitrogens with zero attached hydrogens (tertiary/aromatic N) is 6. The molecule has 1 heterocycles. The first kappa shape index (κ1) is 9.66. The van der Waals surface area contributed by atoms with Crippen molar-refractivity contribution < 1.29 is 8.42 Å². The normalized spacial score (nSPS) is 21.8. The number of hydrogen-bond acceptors (Lipinski definition) is 4. The fraction of sp³-hybridized carbons (Fsp3) is 1.00. The van der Waals surface area contributed by atoms with Gasteiger partial charge in [-0.25, -0.2) is 8.42 Å². The van der Waals surface area contributed by atoms with E-state index in [9.17, 15) is 8.42 Å². The molecule has 1 aliphatic rings. The van der Waals surface area contributed by atoms with E-state index in [-0.39, 0.29) is 17.4 Å². The molecule has 0 bridgehead atoms. The molecule has 0 atom stereocenters. The lowest BCUT2D eigenvalue weighted by molar-refractivity contribution is 0.453. The summed E-state index contributed by atoms with van der Waals surface area (Å²) in [6, 6.07) is 0. The molecule has 13 heavy (non-hydrogen) atoms. The number of hydrogen-bond donors (Lipinski definition) is 0. The monoisotopic (exact) mass is 202 g/mol. The second kappa shape index (κ2) is 3.53. The Morgan fingerprint density at radius 1 is 1.23 bits per heavy atom. The maximum absolute atomic E-state index is 10.7. The quantitative estimate of drug-likeness (QED) is 0.383. The maximum atomic E-state index is 10.7. The third-order valence-electron chi connectivity index (χ3n) is 1.70. The Labute approximate surface area is 73.7 Å². The molecule has 1 fully saturated rings. The Balaban J connectivity index is 2.70. The Bertz CT molecular complexity index is 359. The second-order valence-corrected chi connectivity index (χ2v) is 4.81. The fourth-order valence-corrected chi connectivity index (χ4v) is 2.64. The van der Waals surface area contributed by atoms with Crippen LogP contribution in [-0.4, -0.2) is 26.1 Å². The van der Waals surface area contributed by atoms with Crippen molar-refractivity contribution in [1.29, 1.82) is 0 Å². The summed E-state index contributed by atoms with van der Waals surface area (Å²) in [5.74, 6) is -0.511. The van der Waals surface area contributed by atoms with Crippen LogP contribution < -0.4 is 0 Å². The number of azide groups is 1. The largest absolute Gasteiger partial charge is 0.229 e. The van der Waals surface area contributed by atoms with Gasteiger partial charge in [0.05, 0.1) is 11.5 Å². The van der Waals surface area contributed by atoms with E-state index in [1.807, 2.05) is 0 Å². The summed E-state index contributed by atoms with van der Waals surface area (Å²) in [4.78, 5) is 4.94. The summed E-state index contributed by atoms with van der Waals surface area (Å²) in [6.07, 6.45) is -0.918. The van der Waals surface area contributed by atoms with Crippen LogP contribution in [0.1, 0.15) is 0 Å². The number of rotatable bonds is 3. The van der Waals surface area contributed by atoms with Gasteiger partial charge in [-0.15, -0.1) is 0 Å². The zero-order valence-corrected chi connectivity index (χ0v) is 7.29. The summed E-state index contributed by atoms with van der Waals surface area (Å²) in [6.45, 7) is 0. The van der Waals surface area contributed by atoms with E-state index in [1.165, 1.54) is 0 Å². The Hall–Kier alpha value is -1.43. The third-order valence-corrected chi connectivity index (χ3v) is 3.57. The van der Waals surface area contributed by atoms with E-state index in [1.54, 1.807) is 0 Å². The molecule has 0 aromatic heterocycles. The Morgan fingerprint density at radius 3 is 2.00 bits per heavy atom. The van der Waals surface area contributed by atoms with Crippen molar-refractivity contribution in [3.63, 3.8) is 0 Å². The van der Waals surface area contributed by atoms with Gasteiger partial charge in [0.1, 0.15) is 6.17 Å². The van der Waals surface area contributed by atoms with E-state index in [0.717, 1.165) is 0 Å². The molecule has 9 heteroatoms. The molecule has 0 N–H and O–H groups in total. The van der Waals surface area contributed by atoms with E-state index in [0.29, 0.717) is 0 Å². The molecule has 1 rings (SSSR count). The minimum absolute atomic E-state index is 0.0737. The van der Waals surface area contributed by atoms with Gasteiger partial charge in [0.2, 0.25) is 0 Å². The van der Waals surface area contributed by atoms with Crippen LogP contribution in [0.5, 0.6) is 0 Å². The van der Waals surface area contributed by atoms with Gasteiger partial charge in [0, 0.05) is 15.7 Å². The molecule has 0 saturated carbocycles. The highest BCUT2D eigenvalue weighted by Crippen LogP contribution is 2.24. The molecule has 0 amide bonds. The maximum Gasteiger partial charge on any atom is 0.150 e. The van der Waals surface area contributed by atoms with Crippen LogP contribution in [0.2, 0.25) is 0 Å². The predicted octanol–water partition coefficient (Wildman–Crippen LogP) is 0.978. The lowest BCUT2D eigenvalue weighted by Crippen LogP contribution is -2.42. The molecule has 1 aliphatic heterocycles. The molecule has 0 aromatic carbocycles. The summed E-state index contributed by atoms with van der Waals surface area (Å²) >= 11 is 0. The van der Waals surface area contributed by atoms with Crippen LogP contribution in [0.3, 0.4) is 0 Å². The zero-order valence-electron chi connectivity index (χ0n) is 6.48. The Kier molecular flexibility index (Phi) is 2.62. The summed E-state index contributed by atoms with van der Waals surface area (Å²) < 4.78 is 21.5. The highest BCUT2D eigenvalue weighted by molar-refractivity contribution is 7.92. The van der Waals surface area contributed by atoms with Gasteiger partial charge < -0.3 is 0 Å². The fourth-order valence-electron chi connectivity index (χ4n) is 1.09.